The van der Waals surface area contributed by atoms with Gasteiger partial charge in [0.2, 0.25) is 15.9 Å². The molecular formula is C13H21N3O4S. The van der Waals surface area contributed by atoms with Crippen LogP contribution in [0.25, 0.3) is 0 Å². The molecule has 0 spiro atoms. The van der Waals surface area contributed by atoms with E-state index in [1.54, 1.807) is 12.1 Å². The molecule has 0 heterocycles. The van der Waals surface area contributed by atoms with Crippen molar-refractivity contribution in [2.75, 3.05) is 31.6 Å². The molecule has 0 aliphatic heterocycles. The number of ether oxygens (including phenoxy) is 1. The van der Waals surface area contributed by atoms with Crippen LogP contribution in [0, 0.1) is 0 Å². The van der Waals surface area contributed by atoms with Gasteiger partial charge >= 0.3 is 0 Å². The van der Waals surface area contributed by atoms with Gasteiger partial charge in [-0.15, -0.1) is 0 Å². The molecule has 118 valence electrons. The lowest BCUT2D eigenvalue weighted by Gasteiger charge is -2.09. The van der Waals surface area contributed by atoms with Crippen molar-refractivity contribution in [1.29, 1.82) is 0 Å². The Hall–Kier alpha value is -1.64. The molecule has 8 heteroatoms. The van der Waals surface area contributed by atoms with Crippen LogP contribution in [-0.2, 0) is 19.6 Å². The lowest BCUT2D eigenvalue weighted by Crippen LogP contribution is -2.24. The maximum Gasteiger partial charge on any atom is 0.243 e. The highest BCUT2D eigenvalue weighted by molar-refractivity contribution is 7.89. The first-order valence-electron chi connectivity index (χ1n) is 6.65. The number of primary amides is 1. The van der Waals surface area contributed by atoms with Crippen molar-refractivity contribution in [3.63, 3.8) is 0 Å². The molecule has 0 aliphatic rings. The van der Waals surface area contributed by atoms with E-state index < -0.39 is 15.9 Å². The Morgan fingerprint density at radius 3 is 2.48 bits per heavy atom. The summed E-state index contributed by atoms with van der Waals surface area (Å²) in [4.78, 5) is 10.7. The fourth-order valence-electron chi connectivity index (χ4n) is 1.51. The summed E-state index contributed by atoms with van der Waals surface area (Å²) in [7, 11) is -3.43. The SMILES string of the molecule is CCCNS(=O)(=O)c1ccc(NCCOCC(N)=O)cc1. The molecule has 0 radical (unpaired) electrons. The van der Waals surface area contributed by atoms with Crippen LogP contribution in [0.2, 0.25) is 0 Å². The number of benzene rings is 1. The number of nitrogens with one attached hydrogen (secondary N) is 2. The number of carbonyl (C=O) groups is 1. The number of carbonyl (C=O) groups excluding carboxylic acids is 1. The Balaban J connectivity index is 2.45. The van der Waals surface area contributed by atoms with Gasteiger partial charge in [-0.3, -0.25) is 4.79 Å². The van der Waals surface area contributed by atoms with E-state index in [-0.39, 0.29) is 11.5 Å². The first-order chi connectivity index (χ1) is 9.95. The van der Waals surface area contributed by atoms with Crippen molar-refractivity contribution in [1.82, 2.24) is 4.72 Å². The zero-order chi connectivity index (χ0) is 15.7. The molecular weight excluding hydrogens is 294 g/mol. The number of rotatable bonds is 10. The van der Waals surface area contributed by atoms with Crippen LogP contribution >= 0.6 is 0 Å². The van der Waals surface area contributed by atoms with Gasteiger partial charge in [-0.25, -0.2) is 13.1 Å². The molecule has 0 aromatic heterocycles. The van der Waals surface area contributed by atoms with Gasteiger partial charge in [0, 0.05) is 18.8 Å². The van der Waals surface area contributed by atoms with Gasteiger partial charge in [-0.05, 0) is 30.7 Å². The highest BCUT2D eigenvalue weighted by Crippen LogP contribution is 2.13. The van der Waals surface area contributed by atoms with E-state index in [2.05, 4.69) is 10.0 Å². The van der Waals surface area contributed by atoms with Gasteiger partial charge < -0.3 is 15.8 Å². The number of nitrogens with two attached hydrogens (primary N) is 1. The monoisotopic (exact) mass is 315 g/mol. The quantitative estimate of drug-likeness (QED) is 0.537. The molecule has 1 rings (SSSR count). The Kier molecular flexibility index (Phi) is 7.13. The van der Waals surface area contributed by atoms with E-state index >= 15 is 0 Å². The second-order valence-electron chi connectivity index (χ2n) is 4.37. The molecule has 0 saturated carbocycles. The van der Waals surface area contributed by atoms with Gasteiger partial charge in [-0.2, -0.15) is 0 Å². The Labute approximate surface area is 124 Å². The Morgan fingerprint density at radius 2 is 1.90 bits per heavy atom. The number of hydrogen-bond donors (Lipinski definition) is 3. The first-order valence-corrected chi connectivity index (χ1v) is 8.13. The summed E-state index contributed by atoms with van der Waals surface area (Å²) in [5.41, 5.74) is 5.70. The maximum atomic E-state index is 11.9. The van der Waals surface area contributed by atoms with Gasteiger partial charge in [0.05, 0.1) is 11.5 Å². The second kappa shape index (κ2) is 8.60. The zero-order valence-electron chi connectivity index (χ0n) is 12.0. The van der Waals surface area contributed by atoms with Crippen molar-refractivity contribution >= 4 is 21.6 Å². The summed E-state index contributed by atoms with van der Waals surface area (Å²) >= 11 is 0. The van der Waals surface area contributed by atoms with Gasteiger partial charge in [0.15, 0.2) is 0 Å². The van der Waals surface area contributed by atoms with Crippen molar-refractivity contribution in [3.8, 4) is 0 Å². The molecule has 0 atom stereocenters. The summed E-state index contributed by atoms with van der Waals surface area (Å²) in [5.74, 6) is -0.510. The summed E-state index contributed by atoms with van der Waals surface area (Å²) in [6.45, 7) is 3.03. The Bertz CT molecular complexity index is 543. The van der Waals surface area contributed by atoms with E-state index in [1.807, 2.05) is 6.92 Å². The first kappa shape index (κ1) is 17.4. The van der Waals surface area contributed by atoms with Crippen molar-refractivity contribution in [2.24, 2.45) is 5.73 Å². The highest BCUT2D eigenvalue weighted by atomic mass is 32.2. The van der Waals surface area contributed by atoms with Crippen molar-refractivity contribution in [2.45, 2.75) is 18.2 Å². The predicted molar refractivity (Wildman–Crippen MR) is 80.4 cm³/mol. The average molecular weight is 315 g/mol. The molecule has 1 aromatic carbocycles. The molecule has 1 aromatic rings. The molecule has 7 nitrogen and oxygen atoms in total. The molecule has 0 fully saturated rings. The summed E-state index contributed by atoms with van der Waals surface area (Å²) < 4.78 is 31.2. The minimum atomic E-state index is -3.43. The molecule has 4 N–H and O–H groups in total. The number of sulfonamides is 1. The van der Waals surface area contributed by atoms with Crippen LogP contribution in [0.5, 0.6) is 0 Å². The van der Waals surface area contributed by atoms with E-state index in [1.165, 1.54) is 12.1 Å². The summed E-state index contributed by atoms with van der Waals surface area (Å²) in [5, 5.41) is 3.05. The van der Waals surface area contributed by atoms with Crippen LogP contribution < -0.4 is 15.8 Å². The maximum absolute atomic E-state index is 11.9. The van der Waals surface area contributed by atoms with Crippen LogP contribution in [0.1, 0.15) is 13.3 Å². The van der Waals surface area contributed by atoms with E-state index in [0.717, 1.165) is 12.1 Å². The molecule has 1 amide bonds. The number of amides is 1. The summed E-state index contributed by atoms with van der Waals surface area (Å²) in [6.07, 6.45) is 0.740. The van der Waals surface area contributed by atoms with E-state index in [0.29, 0.717) is 19.7 Å². The topological polar surface area (TPSA) is 111 Å². The zero-order valence-corrected chi connectivity index (χ0v) is 12.8. The minimum Gasteiger partial charge on any atom is -0.383 e. The van der Waals surface area contributed by atoms with Gasteiger partial charge in [0.25, 0.3) is 0 Å². The fourth-order valence-corrected chi connectivity index (χ4v) is 2.65. The smallest absolute Gasteiger partial charge is 0.243 e. The predicted octanol–water partition coefficient (Wildman–Crippen LogP) is 0.289. The fraction of sp³-hybridized carbons (Fsp3) is 0.462. The Morgan fingerprint density at radius 1 is 1.24 bits per heavy atom. The third-order valence-corrected chi connectivity index (χ3v) is 4.00. The average Bonchev–Trinajstić information content (AvgIpc) is 2.45. The van der Waals surface area contributed by atoms with Crippen molar-refractivity contribution < 1.29 is 17.9 Å². The molecule has 0 aliphatic carbocycles. The van der Waals surface area contributed by atoms with Crippen LogP contribution in [-0.4, -0.2) is 40.6 Å². The lowest BCUT2D eigenvalue weighted by molar-refractivity contribution is -0.122. The standard InChI is InChI=1S/C13H21N3O4S/c1-2-7-16-21(18,19)12-5-3-11(4-6-12)15-8-9-20-10-13(14)17/h3-6,15-16H,2,7-10H2,1H3,(H2,14,17). The number of hydrogen-bond acceptors (Lipinski definition) is 5. The summed E-state index contributed by atoms with van der Waals surface area (Å²) in [6, 6.07) is 6.42. The second-order valence-corrected chi connectivity index (χ2v) is 6.13. The highest BCUT2D eigenvalue weighted by Gasteiger charge is 2.12. The third kappa shape index (κ3) is 6.56. The normalized spacial score (nSPS) is 11.3. The van der Waals surface area contributed by atoms with E-state index in [9.17, 15) is 13.2 Å². The molecule has 0 bridgehead atoms. The molecule has 21 heavy (non-hydrogen) atoms. The minimum absolute atomic E-state index is 0.109. The molecule has 0 unspecified atom stereocenters. The van der Waals surface area contributed by atoms with Crippen molar-refractivity contribution in [3.05, 3.63) is 24.3 Å². The lowest BCUT2D eigenvalue weighted by atomic mass is 10.3. The number of anilines is 1. The van der Waals surface area contributed by atoms with Crippen LogP contribution in [0.4, 0.5) is 5.69 Å². The van der Waals surface area contributed by atoms with Gasteiger partial charge in [0.1, 0.15) is 6.61 Å². The van der Waals surface area contributed by atoms with E-state index in [4.69, 9.17) is 10.5 Å². The van der Waals surface area contributed by atoms with Crippen LogP contribution in [0.15, 0.2) is 29.2 Å². The third-order valence-electron chi connectivity index (χ3n) is 2.53. The van der Waals surface area contributed by atoms with Gasteiger partial charge in [-0.1, -0.05) is 6.92 Å². The van der Waals surface area contributed by atoms with Crippen LogP contribution in [0.3, 0.4) is 0 Å². The molecule has 0 saturated heterocycles. The largest absolute Gasteiger partial charge is 0.383 e.